The van der Waals surface area contributed by atoms with E-state index in [1.54, 1.807) is 7.11 Å². The Bertz CT molecular complexity index is 1470. The largest absolute Gasteiger partial charge is 0.497 e. The molecule has 1 N–H and O–H groups in total. The van der Waals surface area contributed by atoms with Gasteiger partial charge in [-0.05, 0) is 66.6 Å². The molecule has 0 saturated heterocycles. The van der Waals surface area contributed by atoms with Gasteiger partial charge in [0, 0.05) is 22.4 Å². The van der Waals surface area contributed by atoms with Crippen LogP contribution in [0.4, 0.5) is 5.82 Å². The van der Waals surface area contributed by atoms with E-state index < -0.39 is 0 Å². The first-order valence-electron chi connectivity index (χ1n) is 10.6. The minimum absolute atomic E-state index is 0.690. The van der Waals surface area contributed by atoms with Crippen molar-refractivity contribution in [3.05, 3.63) is 95.8 Å². The number of nitrogens with zero attached hydrogens (tertiary/aromatic N) is 2. The second-order valence-electron chi connectivity index (χ2n) is 7.52. The summed E-state index contributed by atoms with van der Waals surface area (Å²) in [6, 6.07) is 28.0. The zero-order chi connectivity index (χ0) is 21.9. The van der Waals surface area contributed by atoms with Crippen molar-refractivity contribution >= 4 is 27.7 Å². The number of fused-ring (bicyclic) bond motifs is 2. The Morgan fingerprint density at radius 2 is 1.78 bits per heavy atom. The van der Waals surface area contributed by atoms with Gasteiger partial charge < -0.3 is 9.15 Å². The highest BCUT2D eigenvalue weighted by Crippen LogP contribution is 2.25. The van der Waals surface area contributed by atoms with Gasteiger partial charge in [0.2, 0.25) is 0 Å². The molecule has 0 aliphatic heterocycles. The normalized spacial score (nSPS) is 11.8. The Morgan fingerprint density at radius 3 is 2.59 bits per heavy atom. The highest BCUT2D eigenvalue weighted by Gasteiger charge is 2.08. The average molecular weight is 422 g/mol. The number of nitrogens with one attached hydrogen (secondary N) is 1. The second-order valence-corrected chi connectivity index (χ2v) is 7.52. The van der Waals surface area contributed by atoms with E-state index in [0.717, 1.165) is 50.7 Å². The standard InChI is InChI=1S/C27H23N3O2/c1-3-18-8-14-25-22(16-18)24(17-26(32-25)20-9-12-21(31-2)13-10-20)29-30-27-15-11-19-6-4-5-7-23(19)28-27/h4-17H,3H2,1-2H3,(H,28,30)/b29-24+. The highest BCUT2D eigenvalue weighted by molar-refractivity contribution is 5.81. The van der Waals surface area contributed by atoms with Gasteiger partial charge in [-0.1, -0.05) is 31.2 Å². The third-order valence-corrected chi connectivity index (χ3v) is 5.48. The van der Waals surface area contributed by atoms with Crippen molar-refractivity contribution in [2.75, 3.05) is 12.5 Å². The number of benzene rings is 3. The molecular weight excluding hydrogens is 398 g/mol. The number of aryl methyl sites for hydroxylation is 1. The van der Waals surface area contributed by atoms with Gasteiger partial charge in [0.1, 0.15) is 22.9 Å². The van der Waals surface area contributed by atoms with E-state index in [0.29, 0.717) is 5.82 Å². The molecule has 0 aliphatic carbocycles. The summed E-state index contributed by atoms with van der Waals surface area (Å²) in [6.45, 7) is 2.14. The molecule has 0 atom stereocenters. The quantitative estimate of drug-likeness (QED) is 0.346. The third kappa shape index (κ3) is 3.93. The van der Waals surface area contributed by atoms with E-state index in [4.69, 9.17) is 14.3 Å². The summed E-state index contributed by atoms with van der Waals surface area (Å²) in [5.74, 6) is 2.22. The van der Waals surface area contributed by atoms with Crippen LogP contribution in [0.25, 0.3) is 33.2 Å². The Labute approximate surface area is 186 Å². The van der Waals surface area contributed by atoms with Crippen LogP contribution in [0.1, 0.15) is 12.5 Å². The molecule has 0 aliphatic rings. The number of methoxy groups -OCH3 is 1. The minimum Gasteiger partial charge on any atom is -0.497 e. The number of rotatable bonds is 5. The van der Waals surface area contributed by atoms with Gasteiger partial charge in [-0.2, -0.15) is 5.10 Å². The maximum atomic E-state index is 6.23. The molecule has 0 radical (unpaired) electrons. The fourth-order valence-electron chi connectivity index (χ4n) is 3.67. The lowest BCUT2D eigenvalue weighted by Crippen LogP contribution is -2.08. The van der Waals surface area contributed by atoms with E-state index in [1.807, 2.05) is 72.8 Å². The molecule has 5 aromatic rings. The van der Waals surface area contributed by atoms with Gasteiger partial charge in [0.25, 0.3) is 0 Å². The van der Waals surface area contributed by atoms with Crippen molar-refractivity contribution in [2.45, 2.75) is 13.3 Å². The molecular formula is C27H23N3O2. The average Bonchev–Trinajstić information content (AvgIpc) is 2.86. The number of para-hydroxylation sites is 1. The summed E-state index contributed by atoms with van der Waals surface area (Å²) < 4.78 is 11.5. The Kier molecular flexibility index (Phi) is 5.30. The lowest BCUT2D eigenvalue weighted by atomic mass is 10.1. The topological polar surface area (TPSA) is 59.7 Å². The number of ether oxygens (including phenoxy) is 1. The molecule has 2 aromatic heterocycles. The maximum Gasteiger partial charge on any atom is 0.146 e. The SMILES string of the molecule is CCc1ccc2oc(-c3ccc(OC)cc3)c/c(=N\Nc3ccc4ccccc4n3)c2c1. The molecule has 32 heavy (non-hydrogen) atoms. The number of pyridine rings is 1. The highest BCUT2D eigenvalue weighted by atomic mass is 16.5. The van der Waals surface area contributed by atoms with E-state index in [-0.39, 0.29) is 0 Å². The smallest absolute Gasteiger partial charge is 0.146 e. The lowest BCUT2D eigenvalue weighted by Gasteiger charge is -2.08. The van der Waals surface area contributed by atoms with Crippen LogP contribution in [0.2, 0.25) is 0 Å². The van der Waals surface area contributed by atoms with Gasteiger partial charge in [-0.25, -0.2) is 4.98 Å². The lowest BCUT2D eigenvalue weighted by molar-refractivity contribution is 0.415. The van der Waals surface area contributed by atoms with Crippen molar-refractivity contribution < 1.29 is 9.15 Å². The molecule has 0 saturated carbocycles. The molecule has 0 unspecified atom stereocenters. The molecule has 5 heteroatoms. The molecule has 5 rings (SSSR count). The van der Waals surface area contributed by atoms with E-state index in [9.17, 15) is 0 Å². The van der Waals surface area contributed by atoms with Crippen LogP contribution >= 0.6 is 0 Å². The molecule has 0 spiro atoms. The molecule has 0 fully saturated rings. The van der Waals surface area contributed by atoms with Crippen LogP contribution in [-0.4, -0.2) is 12.1 Å². The molecule has 3 aromatic carbocycles. The fourth-order valence-corrected chi connectivity index (χ4v) is 3.67. The number of hydrogen-bond donors (Lipinski definition) is 1. The number of aromatic nitrogens is 1. The molecule has 2 heterocycles. The zero-order valence-corrected chi connectivity index (χ0v) is 18.0. The van der Waals surface area contributed by atoms with Gasteiger partial charge >= 0.3 is 0 Å². The van der Waals surface area contributed by atoms with Gasteiger partial charge in [-0.15, -0.1) is 0 Å². The van der Waals surface area contributed by atoms with E-state index in [1.165, 1.54) is 5.56 Å². The molecule has 0 bridgehead atoms. The van der Waals surface area contributed by atoms with Crippen molar-refractivity contribution in [3.63, 3.8) is 0 Å². The summed E-state index contributed by atoms with van der Waals surface area (Å²) in [5.41, 5.74) is 7.01. The number of hydrogen-bond acceptors (Lipinski definition) is 5. The molecule has 158 valence electrons. The van der Waals surface area contributed by atoms with Crippen LogP contribution in [0.5, 0.6) is 5.75 Å². The number of anilines is 1. The Morgan fingerprint density at radius 1 is 0.938 bits per heavy atom. The fraction of sp³-hybridized carbons (Fsp3) is 0.111. The first-order valence-corrected chi connectivity index (χ1v) is 10.6. The summed E-state index contributed by atoms with van der Waals surface area (Å²) in [6.07, 6.45) is 0.940. The predicted molar refractivity (Wildman–Crippen MR) is 129 cm³/mol. The summed E-state index contributed by atoms with van der Waals surface area (Å²) in [7, 11) is 1.66. The van der Waals surface area contributed by atoms with Gasteiger partial charge in [0.05, 0.1) is 18.0 Å². The summed E-state index contributed by atoms with van der Waals surface area (Å²) >= 11 is 0. The Balaban J connectivity index is 1.62. The summed E-state index contributed by atoms with van der Waals surface area (Å²) in [4.78, 5) is 4.66. The minimum atomic E-state index is 0.690. The third-order valence-electron chi connectivity index (χ3n) is 5.48. The van der Waals surface area contributed by atoms with E-state index >= 15 is 0 Å². The van der Waals surface area contributed by atoms with Crippen molar-refractivity contribution in [1.82, 2.24) is 4.98 Å². The van der Waals surface area contributed by atoms with Crippen LogP contribution in [-0.2, 0) is 6.42 Å². The van der Waals surface area contributed by atoms with E-state index in [2.05, 4.69) is 29.5 Å². The van der Waals surface area contributed by atoms with Crippen molar-refractivity contribution in [2.24, 2.45) is 5.10 Å². The maximum absolute atomic E-state index is 6.23. The monoisotopic (exact) mass is 421 g/mol. The van der Waals surface area contributed by atoms with Gasteiger partial charge in [-0.3, -0.25) is 5.43 Å². The second kappa shape index (κ2) is 8.55. The first kappa shape index (κ1) is 19.8. The van der Waals surface area contributed by atoms with Crippen LogP contribution in [0.3, 0.4) is 0 Å². The predicted octanol–water partition coefficient (Wildman–Crippen LogP) is 6.15. The van der Waals surface area contributed by atoms with Crippen LogP contribution < -0.4 is 15.5 Å². The first-order chi connectivity index (χ1) is 15.7. The Hall–Kier alpha value is -4.12. The van der Waals surface area contributed by atoms with Crippen molar-refractivity contribution in [1.29, 1.82) is 0 Å². The van der Waals surface area contributed by atoms with Crippen LogP contribution in [0, 0.1) is 0 Å². The van der Waals surface area contributed by atoms with Crippen molar-refractivity contribution in [3.8, 4) is 17.1 Å². The zero-order valence-electron chi connectivity index (χ0n) is 18.0. The summed E-state index contributed by atoms with van der Waals surface area (Å²) in [5, 5.41) is 7.55. The van der Waals surface area contributed by atoms with Gasteiger partial charge in [0.15, 0.2) is 0 Å². The molecule has 5 nitrogen and oxygen atoms in total. The molecule has 0 amide bonds. The van der Waals surface area contributed by atoms with Crippen LogP contribution in [0.15, 0.2) is 94.4 Å².